The Morgan fingerprint density at radius 2 is 1.74 bits per heavy atom. The van der Waals surface area contributed by atoms with Crippen LogP contribution in [0, 0.1) is 0 Å². The maximum Gasteiger partial charge on any atom is 0.255 e. The van der Waals surface area contributed by atoms with E-state index in [2.05, 4.69) is 10.3 Å². The van der Waals surface area contributed by atoms with Crippen LogP contribution < -0.4 is 10.5 Å². The quantitative estimate of drug-likeness (QED) is 0.278. The standard InChI is InChI=1S/C16H16ClN3O3/c1-21-19-15(12-5-3-2-4-6-12)16(18)20-23-11-22-14-9-7-13(17)8-10-14/h2-10H,11H2,1H3,(H2,18,20)/b19-15-. The molecule has 0 aromatic heterocycles. The molecule has 0 unspecified atom stereocenters. The van der Waals surface area contributed by atoms with E-state index in [1.807, 2.05) is 30.3 Å². The first-order chi connectivity index (χ1) is 11.2. The summed E-state index contributed by atoms with van der Waals surface area (Å²) in [7, 11) is 1.43. The van der Waals surface area contributed by atoms with Crippen LogP contribution in [0.15, 0.2) is 64.9 Å². The number of hydrogen-bond donors (Lipinski definition) is 1. The molecule has 2 rings (SSSR count). The minimum atomic E-state index is -0.0998. The van der Waals surface area contributed by atoms with Crippen molar-refractivity contribution in [2.45, 2.75) is 0 Å². The second kappa shape index (κ2) is 8.65. The summed E-state index contributed by atoms with van der Waals surface area (Å²) in [6.45, 7) is -0.0998. The van der Waals surface area contributed by atoms with Gasteiger partial charge in [0.05, 0.1) is 0 Å². The highest BCUT2D eigenvalue weighted by molar-refractivity contribution is 6.46. The lowest BCUT2D eigenvalue weighted by atomic mass is 10.1. The first kappa shape index (κ1) is 16.6. The van der Waals surface area contributed by atoms with E-state index in [-0.39, 0.29) is 12.6 Å². The highest BCUT2D eigenvalue weighted by Crippen LogP contribution is 2.15. The fourth-order valence-corrected chi connectivity index (χ4v) is 1.82. The highest BCUT2D eigenvalue weighted by atomic mass is 35.5. The molecule has 2 aromatic rings. The van der Waals surface area contributed by atoms with Crippen LogP contribution in [0.2, 0.25) is 5.02 Å². The minimum Gasteiger partial charge on any atom is -0.455 e. The van der Waals surface area contributed by atoms with Gasteiger partial charge in [-0.1, -0.05) is 52.2 Å². The number of oxime groups is 2. The zero-order chi connectivity index (χ0) is 16.5. The van der Waals surface area contributed by atoms with Gasteiger partial charge in [0.15, 0.2) is 11.5 Å². The lowest BCUT2D eigenvalue weighted by molar-refractivity contribution is 0.0190. The van der Waals surface area contributed by atoms with Crippen molar-refractivity contribution in [1.29, 1.82) is 0 Å². The Morgan fingerprint density at radius 3 is 2.39 bits per heavy atom. The van der Waals surface area contributed by atoms with E-state index in [0.29, 0.717) is 16.5 Å². The lowest BCUT2D eigenvalue weighted by Gasteiger charge is -2.07. The molecule has 6 nitrogen and oxygen atoms in total. The van der Waals surface area contributed by atoms with Gasteiger partial charge in [-0.3, -0.25) is 0 Å². The van der Waals surface area contributed by atoms with Crippen LogP contribution in [0.4, 0.5) is 0 Å². The maximum atomic E-state index is 5.88. The zero-order valence-electron chi connectivity index (χ0n) is 12.5. The second-order valence-corrected chi connectivity index (χ2v) is 4.75. The van der Waals surface area contributed by atoms with E-state index < -0.39 is 0 Å². The number of nitrogens with zero attached hydrogens (tertiary/aromatic N) is 2. The molecule has 7 heteroatoms. The molecular weight excluding hydrogens is 318 g/mol. The topological polar surface area (TPSA) is 78.4 Å². The highest BCUT2D eigenvalue weighted by Gasteiger charge is 2.10. The maximum absolute atomic E-state index is 5.88. The number of rotatable bonds is 7. The molecule has 0 amide bonds. The number of halogens is 1. The molecule has 120 valence electrons. The number of hydrogen-bond acceptors (Lipinski definition) is 5. The van der Waals surface area contributed by atoms with Crippen molar-refractivity contribution < 1.29 is 14.4 Å². The molecule has 0 heterocycles. The average molecular weight is 334 g/mol. The summed E-state index contributed by atoms with van der Waals surface area (Å²) < 4.78 is 5.34. The van der Waals surface area contributed by atoms with Crippen molar-refractivity contribution in [2.75, 3.05) is 13.9 Å². The number of ether oxygens (including phenoxy) is 1. The molecule has 0 atom stereocenters. The van der Waals surface area contributed by atoms with Gasteiger partial charge in [-0.15, -0.1) is 0 Å². The van der Waals surface area contributed by atoms with Crippen LogP contribution in [0.1, 0.15) is 5.56 Å². The van der Waals surface area contributed by atoms with Gasteiger partial charge in [-0.05, 0) is 24.3 Å². The van der Waals surface area contributed by atoms with E-state index in [4.69, 9.17) is 31.7 Å². The zero-order valence-corrected chi connectivity index (χ0v) is 13.2. The van der Waals surface area contributed by atoms with Crippen LogP contribution in [0.3, 0.4) is 0 Å². The number of nitrogens with two attached hydrogens (primary N) is 1. The SMILES string of the molecule is CO/N=C(\C(N)=N\OCOc1ccc(Cl)cc1)c1ccccc1. The smallest absolute Gasteiger partial charge is 0.255 e. The van der Waals surface area contributed by atoms with Crippen molar-refractivity contribution in [3.63, 3.8) is 0 Å². The third kappa shape index (κ3) is 5.19. The third-order valence-corrected chi connectivity index (χ3v) is 2.98. The largest absolute Gasteiger partial charge is 0.455 e. The normalized spacial score (nSPS) is 11.9. The van der Waals surface area contributed by atoms with Gasteiger partial charge in [0.2, 0.25) is 0 Å². The van der Waals surface area contributed by atoms with Gasteiger partial charge in [0.25, 0.3) is 6.79 Å². The molecule has 0 aliphatic heterocycles. The molecule has 0 spiro atoms. The van der Waals surface area contributed by atoms with Crippen LogP contribution in [0.5, 0.6) is 5.75 Å². The predicted octanol–water partition coefficient (Wildman–Crippen LogP) is 3.02. The minimum absolute atomic E-state index is 0.0813. The molecule has 0 saturated carbocycles. The summed E-state index contributed by atoms with van der Waals surface area (Å²) in [4.78, 5) is 9.84. The first-order valence-electron chi connectivity index (χ1n) is 6.71. The fourth-order valence-electron chi connectivity index (χ4n) is 1.70. The van der Waals surface area contributed by atoms with E-state index in [1.165, 1.54) is 7.11 Å². The summed E-state index contributed by atoms with van der Waals surface area (Å²) in [5.41, 5.74) is 7.01. The van der Waals surface area contributed by atoms with E-state index in [0.717, 1.165) is 5.56 Å². The Bertz CT molecular complexity index is 673. The van der Waals surface area contributed by atoms with Crippen molar-refractivity contribution in [2.24, 2.45) is 16.0 Å². The monoisotopic (exact) mass is 333 g/mol. The molecule has 0 fully saturated rings. The summed E-state index contributed by atoms with van der Waals surface area (Å²) in [6.07, 6.45) is 0. The Morgan fingerprint density at radius 1 is 1.04 bits per heavy atom. The van der Waals surface area contributed by atoms with E-state index in [1.54, 1.807) is 24.3 Å². The van der Waals surface area contributed by atoms with Crippen LogP contribution in [0.25, 0.3) is 0 Å². The van der Waals surface area contributed by atoms with Crippen molar-refractivity contribution in [3.8, 4) is 5.75 Å². The molecule has 2 N–H and O–H groups in total. The van der Waals surface area contributed by atoms with Gasteiger partial charge in [-0.25, -0.2) is 0 Å². The lowest BCUT2D eigenvalue weighted by Crippen LogP contribution is -2.25. The number of amidine groups is 1. The molecule has 0 bridgehead atoms. The number of benzene rings is 2. The molecule has 0 aliphatic carbocycles. The Hall–Kier alpha value is -2.73. The van der Waals surface area contributed by atoms with Gasteiger partial charge in [0.1, 0.15) is 12.9 Å². The molecule has 2 aromatic carbocycles. The van der Waals surface area contributed by atoms with Crippen molar-refractivity contribution in [3.05, 3.63) is 65.2 Å². The summed E-state index contributed by atoms with van der Waals surface area (Å²) in [5.74, 6) is 0.690. The van der Waals surface area contributed by atoms with Crippen molar-refractivity contribution >= 4 is 23.1 Å². The third-order valence-electron chi connectivity index (χ3n) is 2.73. The predicted molar refractivity (Wildman–Crippen MR) is 89.6 cm³/mol. The van der Waals surface area contributed by atoms with Gasteiger partial charge >= 0.3 is 0 Å². The van der Waals surface area contributed by atoms with Gasteiger partial charge in [-0.2, -0.15) is 0 Å². The first-order valence-corrected chi connectivity index (χ1v) is 7.09. The summed E-state index contributed by atoms with van der Waals surface area (Å²) >= 11 is 5.79. The van der Waals surface area contributed by atoms with Gasteiger partial charge in [0, 0.05) is 10.6 Å². The molecule has 0 radical (unpaired) electrons. The van der Waals surface area contributed by atoms with E-state index >= 15 is 0 Å². The fraction of sp³-hybridized carbons (Fsp3) is 0.125. The Labute approximate surface area is 139 Å². The van der Waals surface area contributed by atoms with Gasteiger partial charge < -0.3 is 20.1 Å². The Kier molecular flexibility index (Phi) is 6.26. The summed E-state index contributed by atoms with van der Waals surface area (Å²) in [6, 6.07) is 16.2. The van der Waals surface area contributed by atoms with Crippen molar-refractivity contribution in [1.82, 2.24) is 0 Å². The van der Waals surface area contributed by atoms with Crippen LogP contribution in [-0.2, 0) is 9.68 Å². The second-order valence-electron chi connectivity index (χ2n) is 4.31. The molecule has 0 saturated heterocycles. The molecular formula is C16H16ClN3O3. The summed E-state index contributed by atoms with van der Waals surface area (Å²) in [5, 5.41) is 8.28. The average Bonchev–Trinajstić information content (AvgIpc) is 2.58. The van der Waals surface area contributed by atoms with Crippen LogP contribution in [-0.4, -0.2) is 25.5 Å². The Balaban J connectivity index is 1.95. The van der Waals surface area contributed by atoms with Crippen LogP contribution >= 0.6 is 11.6 Å². The molecule has 23 heavy (non-hydrogen) atoms. The molecule has 0 aliphatic rings. The van der Waals surface area contributed by atoms with E-state index in [9.17, 15) is 0 Å².